The summed E-state index contributed by atoms with van der Waals surface area (Å²) in [6.07, 6.45) is 1.70. The van der Waals surface area contributed by atoms with Gasteiger partial charge in [-0.2, -0.15) is 0 Å². The van der Waals surface area contributed by atoms with Gasteiger partial charge in [-0.25, -0.2) is 4.39 Å². The zero-order chi connectivity index (χ0) is 14.7. The molecule has 1 aliphatic rings. The molecule has 2 unspecified atom stereocenters. The standard InChI is InChI=1S/C16H26FN3/c1-4-13-11-20(9-8-19(13)3)16-7-5-6-15(17)14(16)10-12(2)18/h5-7,12-13H,4,8-11,18H2,1-3H3. The van der Waals surface area contributed by atoms with Crippen LogP contribution < -0.4 is 10.6 Å². The minimum atomic E-state index is -0.133. The Balaban J connectivity index is 2.26. The molecule has 0 spiro atoms. The largest absolute Gasteiger partial charge is 0.368 e. The van der Waals surface area contributed by atoms with Gasteiger partial charge >= 0.3 is 0 Å². The number of hydrogen-bond donors (Lipinski definition) is 1. The smallest absolute Gasteiger partial charge is 0.128 e. The Morgan fingerprint density at radius 3 is 2.80 bits per heavy atom. The summed E-state index contributed by atoms with van der Waals surface area (Å²) in [6, 6.07) is 5.87. The minimum Gasteiger partial charge on any atom is -0.368 e. The normalized spacial score (nSPS) is 22.1. The topological polar surface area (TPSA) is 32.5 Å². The maximum atomic E-state index is 14.1. The molecule has 0 bridgehead atoms. The first kappa shape index (κ1) is 15.3. The summed E-state index contributed by atoms with van der Waals surface area (Å²) in [6.45, 7) is 7.06. The van der Waals surface area contributed by atoms with E-state index in [4.69, 9.17) is 5.73 Å². The highest BCUT2D eigenvalue weighted by Crippen LogP contribution is 2.27. The van der Waals surface area contributed by atoms with Crippen molar-refractivity contribution >= 4 is 5.69 Å². The van der Waals surface area contributed by atoms with E-state index in [2.05, 4.69) is 23.8 Å². The number of halogens is 1. The maximum absolute atomic E-state index is 14.1. The molecule has 1 aromatic rings. The van der Waals surface area contributed by atoms with Crippen LogP contribution in [0.25, 0.3) is 0 Å². The van der Waals surface area contributed by atoms with Gasteiger partial charge in [0.15, 0.2) is 0 Å². The molecule has 1 aliphatic heterocycles. The summed E-state index contributed by atoms with van der Waals surface area (Å²) in [5, 5.41) is 0. The van der Waals surface area contributed by atoms with Crippen LogP contribution in [-0.4, -0.2) is 43.7 Å². The molecule has 1 heterocycles. The van der Waals surface area contributed by atoms with Crippen LogP contribution in [-0.2, 0) is 6.42 Å². The van der Waals surface area contributed by atoms with Gasteiger partial charge in [0.2, 0.25) is 0 Å². The predicted molar refractivity (Wildman–Crippen MR) is 82.7 cm³/mol. The number of nitrogens with two attached hydrogens (primary N) is 1. The van der Waals surface area contributed by atoms with Crippen molar-refractivity contribution in [3.05, 3.63) is 29.6 Å². The maximum Gasteiger partial charge on any atom is 0.128 e. The Morgan fingerprint density at radius 2 is 2.15 bits per heavy atom. The highest BCUT2D eigenvalue weighted by molar-refractivity contribution is 5.55. The van der Waals surface area contributed by atoms with Crippen molar-refractivity contribution in [2.24, 2.45) is 5.73 Å². The third-order valence-corrected chi connectivity index (χ3v) is 4.21. The fourth-order valence-electron chi connectivity index (χ4n) is 2.97. The molecular formula is C16H26FN3. The van der Waals surface area contributed by atoms with E-state index in [1.165, 1.54) is 6.07 Å². The fourth-order valence-corrected chi connectivity index (χ4v) is 2.97. The van der Waals surface area contributed by atoms with Crippen LogP contribution in [0.3, 0.4) is 0 Å². The van der Waals surface area contributed by atoms with Crippen LogP contribution in [0.5, 0.6) is 0 Å². The van der Waals surface area contributed by atoms with Gasteiger partial charge in [-0.3, -0.25) is 4.90 Å². The third kappa shape index (κ3) is 3.30. The summed E-state index contributed by atoms with van der Waals surface area (Å²) >= 11 is 0. The monoisotopic (exact) mass is 279 g/mol. The molecule has 3 nitrogen and oxygen atoms in total. The Kier molecular flexibility index (Phi) is 5.00. The Labute approximate surface area is 121 Å². The van der Waals surface area contributed by atoms with Gasteiger partial charge in [0.1, 0.15) is 5.82 Å². The number of rotatable bonds is 4. The zero-order valence-electron chi connectivity index (χ0n) is 12.8. The lowest BCUT2D eigenvalue weighted by Crippen LogP contribution is -2.51. The van der Waals surface area contributed by atoms with Crippen LogP contribution >= 0.6 is 0 Å². The number of anilines is 1. The predicted octanol–water partition coefficient (Wildman–Crippen LogP) is 2.25. The lowest BCUT2D eigenvalue weighted by molar-refractivity contribution is 0.213. The second-order valence-electron chi connectivity index (χ2n) is 5.91. The van der Waals surface area contributed by atoms with E-state index in [1.54, 1.807) is 6.07 Å². The highest BCUT2D eigenvalue weighted by Gasteiger charge is 2.25. The molecule has 1 fully saturated rings. The van der Waals surface area contributed by atoms with Gasteiger partial charge in [0, 0.05) is 43.0 Å². The van der Waals surface area contributed by atoms with Crippen molar-refractivity contribution in [1.82, 2.24) is 4.90 Å². The lowest BCUT2D eigenvalue weighted by Gasteiger charge is -2.41. The van der Waals surface area contributed by atoms with Crippen molar-refractivity contribution in [3.63, 3.8) is 0 Å². The molecule has 20 heavy (non-hydrogen) atoms. The molecule has 2 atom stereocenters. The van der Waals surface area contributed by atoms with Gasteiger partial charge in [-0.1, -0.05) is 13.0 Å². The summed E-state index contributed by atoms with van der Waals surface area (Å²) in [7, 11) is 2.17. The van der Waals surface area contributed by atoms with Crippen LogP contribution in [0.15, 0.2) is 18.2 Å². The van der Waals surface area contributed by atoms with Crippen molar-refractivity contribution < 1.29 is 4.39 Å². The van der Waals surface area contributed by atoms with E-state index < -0.39 is 0 Å². The van der Waals surface area contributed by atoms with E-state index in [9.17, 15) is 4.39 Å². The van der Waals surface area contributed by atoms with E-state index in [-0.39, 0.29) is 11.9 Å². The van der Waals surface area contributed by atoms with Gasteiger partial charge in [-0.15, -0.1) is 0 Å². The number of likely N-dealkylation sites (N-methyl/N-ethyl adjacent to an activating group) is 1. The molecule has 0 saturated carbocycles. The second kappa shape index (κ2) is 6.55. The molecule has 1 aromatic carbocycles. The molecule has 112 valence electrons. The Morgan fingerprint density at radius 1 is 1.40 bits per heavy atom. The molecule has 0 aliphatic carbocycles. The minimum absolute atomic E-state index is 0.0277. The summed E-state index contributed by atoms with van der Waals surface area (Å²) in [5.74, 6) is -0.133. The molecule has 0 aromatic heterocycles. The number of hydrogen-bond acceptors (Lipinski definition) is 3. The molecule has 2 rings (SSSR count). The Hall–Kier alpha value is -1.13. The van der Waals surface area contributed by atoms with Gasteiger partial charge in [0.05, 0.1) is 0 Å². The molecular weight excluding hydrogens is 253 g/mol. The van der Waals surface area contributed by atoms with Crippen molar-refractivity contribution in [1.29, 1.82) is 0 Å². The van der Waals surface area contributed by atoms with E-state index in [1.807, 2.05) is 13.0 Å². The SMILES string of the molecule is CCC1CN(c2cccc(F)c2CC(C)N)CCN1C. The number of piperazine rings is 1. The number of benzene rings is 1. The van der Waals surface area contributed by atoms with Gasteiger partial charge < -0.3 is 10.6 Å². The van der Waals surface area contributed by atoms with E-state index >= 15 is 0 Å². The van der Waals surface area contributed by atoms with Gasteiger partial charge in [0.25, 0.3) is 0 Å². The molecule has 0 amide bonds. The van der Waals surface area contributed by atoms with Crippen LogP contribution in [0.2, 0.25) is 0 Å². The quantitative estimate of drug-likeness (QED) is 0.917. The van der Waals surface area contributed by atoms with E-state index in [0.717, 1.165) is 37.3 Å². The highest BCUT2D eigenvalue weighted by atomic mass is 19.1. The Bertz CT molecular complexity index is 447. The molecule has 2 N–H and O–H groups in total. The summed E-state index contributed by atoms with van der Waals surface area (Å²) in [4.78, 5) is 4.70. The summed E-state index contributed by atoms with van der Waals surface area (Å²) < 4.78 is 14.1. The van der Waals surface area contributed by atoms with E-state index in [0.29, 0.717) is 12.5 Å². The summed E-state index contributed by atoms with van der Waals surface area (Å²) in [5.41, 5.74) is 7.66. The van der Waals surface area contributed by atoms with Crippen LogP contribution in [0.1, 0.15) is 25.8 Å². The van der Waals surface area contributed by atoms with Gasteiger partial charge in [-0.05, 0) is 38.9 Å². The molecule has 1 saturated heterocycles. The lowest BCUT2D eigenvalue weighted by atomic mass is 10.0. The van der Waals surface area contributed by atoms with Crippen LogP contribution in [0, 0.1) is 5.82 Å². The fraction of sp³-hybridized carbons (Fsp3) is 0.625. The van der Waals surface area contributed by atoms with Crippen molar-refractivity contribution in [2.75, 3.05) is 31.6 Å². The van der Waals surface area contributed by atoms with Crippen LogP contribution in [0.4, 0.5) is 10.1 Å². The first-order valence-corrected chi connectivity index (χ1v) is 7.51. The average molecular weight is 279 g/mol. The second-order valence-corrected chi connectivity index (χ2v) is 5.91. The average Bonchev–Trinajstić information content (AvgIpc) is 2.41. The van der Waals surface area contributed by atoms with Crippen molar-refractivity contribution in [3.8, 4) is 0 Å². The van der Waals surface area contributed by atoms with Crippen molar-refractivity contribution in [2.45, 2.75) is 38.8 Å². The zero-order valence-corrected chi connectivity index (χ0v) is 12.8. The third-order valence-electron chi connectivity index (χ3n) is 4.21. The molecule has 4 heteroatoms. The number of nitrogens with zero attached hydrogens (tertiary/aromatic N) is 2. The first-order chi connectivity index (χ1) is 9.52. The first-order valence-electron chi connectivity index (χ1n) is 7.51. The molecule has 0 radical (unpaired) electrons.